The molecule has 0 fully saturated rings. The Morgan fingerprint density at radius 3 is 2.00 bits per heavy atom. The van der Waals surface area contributed by atoms with E-state index in [4.69, 9.17) is 10.5 Å². The van der Waals surface area contributed by atoms with Crippen molar-refractivity contribution in [2.24, 2.45) is 5.73 Å². The summed E-state index contributed by atoms with van der Waals surface area (Å²) in [5.41, 5.74) is 7.35. The topological polar surface area (TPSA) is 72.6 Å². The number of hydrogen-bond donors (Lipinski definition) is 1. The fourth-order valence-electron chi connectivity index (χ4n) is 2.22. The summed E-state index contributed by atoms with van der Waals surface area (Å²) < 4.78 is 5.50. The SMILES string of the molecule is NCc1ccc(OCN2C(=O)c3ccccc3C2=O)cc1. The fourth-order valence-corrected chi connectivity index (χ4v) is 2.22. The molecule has 0 saturated heterocycles. The lowest BCUT2D eigenvalue weighted by Crippen LogP contribution is -2.33. The molecule has 2 N–H and O–H groups in total. The first-order chi connectivity index (χ1) is 10.2. The minimum atomic E-state index is -0.325. The second-order valence-corrected chi connectivity index (χ2v) is 4.71. The molecule has 5 nitrogen and oxygen atoms in total. The van der Waals surface area contributed by atoms with E-state index in [1.807, 2.05) is 12.1 Å². The lowest BCUT2D eigenvalue weighted by Gasteiger charge is -2.15. The molecule has 0 aliphatic carbocycles. The second kappa shape index (κ2) is 5.38. The smallest absolute Gasteiger partial charge is 0.264 e. The molecule has 1 aliphatic rings. The van der Waals surface area contributed by atoms with E-state index in [0.717, 1.165) is 10.5 Å². The molecule has 1 heterocycles. The Hall–Kier alpha value is -2.66. The van der Waals surface area contributed by atoms with Gasteiger partial charge in [0.1, 0.15) is 5.75 Å². The van der Waals surface area contributed by atoms with E-state index in [1.54, 1.807) is 36.4 Å². The Kier molecular flexibility index (Phi) is 3.41. The molecule has 0 atom stereocenters. The lowest BCUT2D eigenvalue weighted by molar-refractivity contribution is 0.0522. The molecule has 2 aromatic rings. The highest BCUT2D eigenvalue weighted by atomic mass is 16.5. The molecule has 3 rings (SSSR count). The third-order valence-corrected chi connectivity index (χ3v) is 3.40. The summed E-state index contributed by atoms with van der Waals surface area (Å²) in [6.45, 7) is 0.354. The third kappa shape index (κ3) is 2.39. The van der Waals surface area contributed by atoms with Crippen molar-refractivity contribution in [3.63, 3.8) is 0 Å². The predicted molar refractivity (Wildman–Crippen MR) is 76.8 cm³/mol. The normalized spacial score (nSPS) is 13.5. The van der Waals surface area contributed by atoms with Crippen LogP contribution in [0.4, 0.5) is 0 Å². The van der Waals surface area contributed by atoms with Gasteiger partial charge < -0.3 is 10.5 Å². The molecule has 0 aromatic heterocycles. The molecule has 0 radical (unpaired) electrons. The first-order valence-corrected chi connectivity index (χ1v) is 6.58. The molecule has 0 saturated carbocycles. The summed E-state index contributed by atoms with van der Waals surface area (Å²) in [4.78, 5) is 25.4. The minimum absolute atomic E-state index is 0.103. The quantitative estimate of drug-likeness (QED) is 0.868. The van der Waals surface area contributed by atoms with Gasteiger partial charge in [0.15, 0.2) is 6.73 Å². The van der Waals surface area contributed by atoms with Crippen LogP contribution in [0.15, 0.2) is 48.5 Å². The standard InChI is InChI=1S/C16H14N2O3/c17-9-11-5-7-12(8-6-11)21-10-18-15(19)13-3-1-2-4-14(13)16(18)20/h1-8H,9-10,17H2. The number of ether oxygens (including phenoxy) is 1. The first kappa shape index (κ1) is 13.3. The van der Waals surface area contributed by atoms with Crippen LogP contribution >= 0.6 is 0 Å². The average molecular weight is 282 g/mol. The van der Waals surface area contributed by atoms with Crippen LogP contribution in [0.25, 0.3) is 0 Å². The van der Waals surface area contributed by atoms with Crippen molar-refractivity contribution in [3.05, 3.63) is 65.2 Å². The number of imide groups is 1. The van der Waals surface area contributed by atoms with Gasteiger partial charge in [-0.15, -0.1) is 0 Å². The van der Waals surface area contributed by atoms with Crippen LogP contribution in [0.5, 0.6) is 5.75 Å². The van der Waals surface area contributed by atoms with Crippen LogP contribution in [0, 0.1) is 0 Å². The zero-order chi connectivity index (χ0) is 14.8. The number of fused-ring (bicyclic) bond motifs is 1. The van der Waals surface area contributed by atoms with Gasteiger partial charge in [-0.3, -0.25) is 9.59 Å². The number of nitrogens with two attached hydrogens (primary N) is 1. The molecule has 0 unspecified atom stereocenters. The number of nitrogens with zero attached hydrogens (tertiary/aromatic N) is 1. The number of carbonyl (C=O) groups excluding carboxylic acids is 2. The molecule has 2 amide bonds. The second-order valence-electron chi connectivity index (χ2n) is 4.71. The maximum Gasteiger partial charge on any atom is 0.264 e. The van der Waals surface area contributed by atoms with Crippen LogP contribution in [0.2, 0.25) is 0 Å². The van der Waals surface area contributed by atoms with Crippen molar-refractivity contribution in [2.45, 2.75) is 6.54 Å². The van der Waals surface area contributed by atoms with Gasteiger partial charge in [-0.1, -0.05) is 24.3 Å². The predicted octanol–water partition coefficient (Wildman–Crippen LogP) is 1.78. The van der Waals surface area contributed by atoms with Crippen LogP contribution in [-0.2, 0) is 6.54 Å². The van der Waals surface area contributed by atoms with Gasteiger partial charge >= 0.3 is 0 Å². The monoisotopic (exact) mass is 282 g/mol. The third-order valence-electron chi connectivity index (χ3n) is 3.40. The maximum absolute atomic E-state index is 12.1. The number of carbonyl (C=O) groups is 2. The highest BCUT2D eigenvalue weighted by Gasteiger charge is 2.35. The van der Waals surface area contributed by atoms with Gasteiger partial charge in [-0.2, -0.15) is 0 Å². The van der Waals surface area contributed by atoms with Gasteiger partial charge in [0.25, 0.3) is 11.8 Å². The van der Waals surface area contributed by atoms with E-state index in [9.17, 15) is 9.59 Å². The molecule has 1 aliphatic heterocycles. The van der Waals surface area contributed by atoms with E-state index < -0.39 is 0 Å². The Labute approximate surface area is 121 Å². The van der Waals surface area contributed by atoms with Gasteiger partial charge in [0.2, 0.25) is 0 Å². The Morgan fingerprint density at radius 2 is 1.48 bits per heavy atom. The highest BCUT2D eigenvalue weighted by Crippen LogP contribution is 2.22. The van der Waals surface area contributed by atoms with E-state index >= 15 is 0 Å². The molecule has 5 heteroatoms. The summed E-state index contributed by atoms with van der Waals surface area (Å²) in [6.07, 6.45) is 0. The van der Waals surface area contributed by atoms with E-state index in [2.05, 4.69) is 0 Å². The summed E-state index contributed by atoms with van der Waals surface area (Å²) in [5.74, 6) is -0.0629. The Balaban J connectivity index is 1.72. The van der Waals surface area contributed by atoms with Gasteiger partial charge in [-0.25, -0.2) is 4.90 Å². The van der Waals surface area contributed by atoms with Gasteiger partial charge in [-0.05, 0) is 29.8 Å². The Morgan fingerprint density at radius 1 is 0.905 bits per heavy atom. The number of hydrogen-bond acceptors (Lipinski definition) is 4. The van der Waals surface area contributed by atoms with E-state index in [0.29, 0.717) is 23.4 Å². The molecule has 0 bridgehead atoms. The van der Waals surface area contributed by atoms with Crippen molar-refractivity contribution in [1.82, 2.24) is 4.90 Å². The molecule has 106 valence electrons. The first-order valence-electron chi connectivity index (χ1n) is 6.58. The Bertz CT molecular complexity index is 660. The summed E-state index contributed by atoms with van der Waals surface area (Å²) in [5, 5.41) is 0. The van der Waals surface area contributed by atoms with Crippen molar-refractivity contribution < 1.29 is 14.3 Å². The van der Waals surface area contributed by atoms with E-state index in [1.165, 1.54) is 0 Å². The molecule has 2 aromatic carbocycles. The molecule has 21 heavy (non-hydrogen) atoms. The molecule has 0 spiro atoms. The number of benzene rings is 2. The van der Waals surface area contributed by atoms with E-state index in [-0.39, 0.29) is 18.5 Å². The number of amides is 2. The van der Waals surface area contributed by atoms with Crippen molar-refractivity contribution in [2.75, 3.05) is 6.73 Å². The van der Waals surface area contributed by atoms with Gasteiger partial charge in [0.05, 0.1) is 11.1 Å². The lowest BCUT2D eigenvalue weighted by atomic mass is 10.1. The van der Waals surface area contributed by atoms with Crippen LogP contribution in [-0.4, -0.2) is 23.4 Å². The molecular weight excluding hydrogens is 268 g/mol. The fraction of sp³-hybridized carbons (Fsp3) is 0.125. The van der Waals surface area contributed by atoms with Crippen LogP contribution < -0.4 is 10.5 Å². The minimum Gasteiger partial charge on any atom is -0.473 e. The zero-order valence-electron chi connectivity index (χ0n) is 11.3. The summed E-state index contributed by atoms with van der Waals surface area (Å²) in [6, 6.07) is 14.0. The van der Waals surface area contributed by atoms with Crippen LogP contribution in [0.1, 0.15) is 26.3 Å². The highest BCUT2D eigenvalue weighted by molar-refractivity contribution is 6.21. The summed E-state index contributed by atoms with van der Waals surface area (Å²) in [7, 11) is 0. The van der Waals surface area contributed by atoms with Crippen molar-refractivity contribution in [3.8, 4) is 5.75 Å². The average Bonchev–Trinajstić information content (AvgIpc) is 2.78. The number of rotatable bonds is 4. The van der Waals surface area contributed by atoms with Crippen molar-refractivity contribution in [1.29, 1.82) is 0 Å². The zero-order valence-corrected chi connectivity index (χ0v) is 11.3. The van der Waals surface area contributed by atoms with Crippen molar-refractivity contribution >= 4 is 11.8 Å². The largest absolute Gasteiger partial charge is 0.473 e. The molecular formula is C16H14N2O3. The maximum atomic E-state index is 12.1. The van der Waals surface area contributed by atoms with Crippen LogP contribution in [0.3, 0.4) is 0 Å². The van der Waals surface area contributed by atoms with Gasteiger partial charge in [0, 0.05) is 6.54 Å². The summed E-state index contributed by atoms with van der Waals surface area (Å²) >= 11 is 0.